The molecule has 0 saturated heterocycles. The third kappa shape index (κ3) is 2.36. The predicted octanol–water partition coefficient (Wildman–Crippen LogP) is 3.05. The quantitative estimate of drug-likeness (QED) is 0.910. The van der Waals surface area contributed by atoms with Gasteiger partial charge in [-0.05, 0) is 25.5 Å². The number of hydrogen-bond donors (Lipinski definition) is 1. The number of aryl methyl sites for hydroxylation is 1. The van der Waals surface area contributed by atoms with E-state index in [0.717, 1.165) is 5.69 Å². The van der Waals surface area contributed by atoms with Crippen LogP contribution >= 0.6 is 11.6 Å². The molecule has 24 heavy (non-hydrogen) atoms. The number of nitrogens with two attached hydrogens (primary N) is 1. The maximum absolute atomic E-state index is 13.0. The fourth-order valence-electron chi connectivity index (χ4n) is 3.10. The summed E-state index contributed by atoms with van der Waals surface area (Å²) >= 11 is 6.33. The molecule has 0 aliphatic carbocycles. The number of allylic oxidation sites excluding steroid dienone is 1. The first-order chi connectivity index (χ1) is 11.5. The first kappa shape index (κ1) is 16.2. The van der Waals surface area contributed by atoms with Crippen molar-refractivity contribution in [1.82, 2.24) is 4.57 Å². The van der Waals surface area contributed by atoms with Crippen LogP contribution in [0.2, 0.25) is 5.02 Å². The summed E-state index contributed by atoms with van der Waals surface area (Å²) in [6, 6.07) is 11.0. The number of nitriles is 1. The summed E-state index contributed by atoms with van der Waals surface area (Å²) in [5, 5.41) is 10.0. The van der Waals surface area contributed by atoms with E-state index in [2.05, 4.69) is 6.07 Å². The molecule has 1 aliphatic rings. The maximum atomic E-state index is 13.0. The van der Waals surface area contributed by atoms with E-state index in [1.807, 2.05) is 19.9 Å². The topological polar surface area (TPSA) is 81.0 Å². The van der Waals surface area contributed by atoms with E-state index in [0.29, 0.717) is 28.4 Å². The molecular weight excluding hydrogens is 326 g/mol. The summed E-state index contributed by atoms with van der Waals surface area (Å²) in [7, 11) is 0. The van der Waals surface area contributed by atoms with Gasteiger partial charge in [0.25, 0.3) is 5.56 Å². The summed E-state index contributed by atoms with van der Waals surface area (Å²) in [5.74, 6) is -0.259. The normalized spacial score (nSPS) is 16.3. The molecule has 0 spiro atoms. The molecule has 2 aromatic rings. The van der Waals surface area contributed by atoms with E-state index in [1.54, 1.807) is 28.8 Å². The molecule has 6 heteroatoms. The monoisotopic (exact) mass is 341 g/mol. The predicted molar refractivity (Wildman–Crippen MR) is 91.9 cm³/mol. The van der Waals surface area contributed by atoms with Crippen molar-refractivity contribution in [1.29, 1.82) is 5.26 Å². The second-order valence-corrected chi connectivity index (χ2v) is 5.97. The minimum absolute atomic E-state index is 0.00275. The fraction of sp³-hybridized carbons (Fsp3) is 0.222. The average molecular weight is 342 g/mol. The Morgan fingerprint density at radius 2 is 2.12 bits per heavy atom. The zero-order valence-electron chi connectivity index (χ0n) is 13.3. The van der Waals surface area contributed by atoms with Gasteiger partial charge in [-0.2, -0.15) is 5.26 Å². The van der Waals surface area contributed by atoms with E-state index in [9.17, 15) is 10.1 Å². The van der Waals surface area contributed by atoms with Crippen LogP contribution in [0.3, 0.4) is 0 Å². The van der Waals surface area contributed by atoms with Gasteiger partial charge in [-0.1, -0.05) is 29.8 Å². The molecule has 0 amide bonds. The van der Waals surface area contributed by atoms with Crippen molar-refractivity contribution < 1.29 is 4.74 Å². The number of hydrogen-bond acceptors (Lipinski definition) is 4. The molecule has 0 fully saturated rings. The number of nitrogens with zero attached hydrogens (tertiary/aromatic N) is 2. The average Bonchev–Trinajstić information content (AvgIpc) is 2.54. The summed E-state index contributed by atoms with van der Waals surface area (Å²) in [6.07, 6.45) is 0. The molecule has 0 unspecified atom stereocenters. The number of pyridine rings is 1. The van der Waals surface area contributed by atoms with Crippen molar-refractivity contribution in [3.05, 3.63) is 74.0 Å². The molecule has 2 N–H and O–H groups in total. The molecule has 122 valence electrons. The van der Waals surface area contributed by atoms with Gasteiger partial charge in [0.15, 0.2) is 0 Å². The van der Waals surface area contributed by atoms with Crippen molar-refractivity contribution in [2.24, 2.45) is 5.73 Å². The maximum Gasteiger partial charge on any atom is 0.258 e. The minimum atomic E-state index is -0.640. The van der Waals surface area contributed by atoms with Gasteiger partial charge >= 0.3 is 0 Å². The number of halogens is 1. The van der Waals surface area contributed by atoms with Gasteiger partial charge in [0.05, 0.1) is 11.5 Å². The highest BCUT2D eigenvalue weighted by Gasteiger charge is 2.35. The van der Waals surface area contributed by atoms with Crippen molar-refractivity contribution in [3.8, 4) is 11.8 Å². The van der Waals surface area contributed by atoms with Crippen molar-refractivity contribution in [3.63, 3.8) is 0 Å². The SMILES string of the molecule is CCn1c(C)cc2c(c1=O)[C@H](c1ccccc1Cl)C(C#N)=C(N)O2. The highest BCUT2D eigenvalue weighted by molar-refractivity contribution is 6.31. The van der Waals surface area contributed by atoms with Crippen molar-refractivity contribution >= 4 is 11.6 Å². The highest BCUT2D eigenvalue weighted by atomic mass is 35.5. The van der Waals surface area contributed by atoms with Gasteiger partial charge < -0.3 is 15.0 Å². The Morgan fingerprint density at radius 3 is 2.75 bits per heavy atom. The zero-order valence-corrected chi connectivity index (χ0v) is 14.1. The Hall–Kier alpha value is -2.71. The van der Waals surface area contributed by atoms with Crippen LogP contribution in [0.5, 0.6) is 5.75 Å². The van der Waals surface area contributed by atoms with Crippen LogP contribution in [-0.4, -0.2) is 4.57 Å². The number of fused-ring (bicyclic) bond motifs is 1. The molecule has 3 rings (SSSR count). The minimum Gasteiger partial charge on any atom is -0.440 e. The largest absolute Gasteiger partial charge is 0.440 e. The summed E-state index contributed by atoms with van der Waals surface area (Å²) in [6.45, 7) is 4.25. The van der Waals surface area contributed by atoms with Gasteiger partial charge in [0.2, 0.25) is 5.88 Å². The van der Waals surface area contributed by atoms with Crippen LogP contribution in [0.1, 0.15) is 29.7 Å². The van der Waals surface area contributed by atoms with Gasteiger partial charge in [-0.3, -0.25) is 4.79 Å². The molecule has 2 heterocycles. The Labute approximate surface area is 144 Å². The van der Waals surface area contributed by atoms with Crippen molar-refractivity contribution in [2.75, 3.05) is 0 Å². The van der Waals surface area contributed by atoms with Crippen molar-refractivity contribution in [2.45, 2.75) is 26.3 Å². The van der Waals surface area contributed by atoms with E-state index in [4.69, 9.17) is 22.1 Å². The highest BCUT2D eigenvalue weighted by Crippen LogP contribution is 2.42. The molecule has 0 saturated carbocycles. The lowest BCUT2D eigenvalue weighted by atomic mass is 9.84. The number of benzene rings is 1. The van der Waals surface area contributed by atoms with Crippen LogP contribution in [-0.2, 0) is 6.54 Å². The Kier molecular flexibility index (Phi) is 4.08. The second-order valence-electron chi connectivity index (χ2n) is 5.56. The molecule has 1 aliphatic heterocycles. The third-order valence-corrected chi connectivity index (χ3v) is 4.57. The first-order valence-electron chi connectivity index (χ1n) is 7.55. The first-order valence-corrected chi connectivity index (χ1v) is 7.93. The Morgan fingerprint density at radius 1 is 1.42 bits per heavy atom. The summed E-state index contributed by atoms with van der Waals surface area (Å²) in [4.78, 5) is 13.0. The molecule has 0 radical (unpaired) electrons. The lowest BCUT2D eigenvalue weighted by Crippen LogP contribution is -2.32. The molecule has 1 aromatic heterocycles. The Bertz CT molecular complexity index is 954. The van der Waals surface area contributed by atoms with Gasteiger partial charge in [0, 0.05) is 23.3 Å². The van der Waals surface area contributed by atoms with Crippen LogP contribution < -0.4 is 16.0 Å². The van der Waals surface area contributed by atoms with Crippen LogP contribution in [0.15, 0.2) is 46.6 Å². The summed E-state index contributed by atoms with van der Waals surface area (Å²) < 4.78 is 7.21. The number of ether oxygens (including phenoxy) is 1. The van der Waals surface area contributed by atoms with Crippen LogP contribution in [0.4, 0.5) is 0 Å². The van der Waals surface area contributed by atoms with E-state index < -0.39 is 5.92 Å². The van der Waals surface area contributed by atoms with E-state index >= 15 is 0 Å². The van der Waals surface area contributed by atoms with E-state index in [-0.39, 0.29) is 17.0 Å². The standard InChI is InChI=1S/C18H16ClN3O2/c1-3-22-10(2)8-14-16(18(22)23)15(12(9-20)17(21)24-14)11-6-4-5-7-13(11)19/h4-8,15H,3,21H2,1-2H3/t15-/m1/s1. The smallest absolute Gasteiger partial charge is 0.258 e. The lowest BCUT2D eigenvalue weighted by molar-refractivity contribution is 0.388. The molecule has 5 nitrogen and oxygen atoms in total. The molecule has 0 bridgehead atoms. The molecular formula is C18H16ClN3O2. The fourth-order valence-corrected chi connectivity index (χ4v) is 3.34. The van der Waals surface area contributed by atoms with Crippen LogP contribution in [0.25, 0.3) is 0 Å². The van der Waals surface area contributed by atoms with E-state index in [1.165, 1.54) is 0 Å². The van der Waals surface area contributed by atoms with Crippen LogP contribution in [0, 0.1) is 18.3 Å². The molecule has 1 atom stereocenters. The van der Waals surface area contributed by atoms with Gasteiger partial charge in [-0.25, -0.2) is 0 Å². The summed E-state index contributed by atoms with van der Waals surface area (Å²) in [5.41, 5.74) is 7.75. The molecule has 1 aromatic carbocycles. The number of rotatable bonds is 2. The second kappa shape index (κ2) is 6.06. The lowest BCUT2D eigenvalue weighted by Gasteiger charge is -2.27. The Balaban J connectivity index is 2.39. The zero-order chi connectivity index (χ0) is 17.4. The van der Waals surface area contributed by atoms with Gasteiger partial charge in [-0.15, -0.1) is 0 Å². The number of aromatic nitrogens is 1. The van der Waals surface area contributed by atoms with Gasteiger partial charge in [0.1, 0.15) is 17.4 Å². The third-order valence-electron chi connectivity index (χ3n) is 4.22.